The molecule has 2 rings (SSSR count). The third-order valence-corrected chi connectivity index (χ3v) is 4.86. The van der Waals surface area contributed by atoms with Crippen molar-refractivity contribution in [2.24, 2.45) is 11.8 Å². The number of likely N-dealkylation sites (N-methyl/N-ethyl adjacent to an activating group) is 1. The highest BCUT2D eigenvalue weighted by Crippen LogP contribution is 2.32. The van der Waals surface area contributed by atoms with Crippen LogP contribution in [0, 0.1) is 11.8 Å². The molecule has 0 heterocycles. The van der Waals surface area contributed by atoms with Gasteiger partial charge in [0.2, 0.25) is 0 Å². The molecule has 0 bridgehead atoms. The van der Waals surface area contributed by atoms with E-state index in [2.05, 4.69) is 18.4 Å². The Labute approximate surface area is 113 Å². The zero-order valence-electron chi connectivity index (χ0n) is 12.2. The fourth-order valence-corrected chi connectivity index (χ4v) is 3.80. The van der Waals surface area contributed by atoms with E-state index >= 15 is 0 Å². The summed E-state index contributed by atoms with van der Waals surface area (Å²) in [5, 5.41) is 3.40. The van der Waals surface area contributed by atoms with Crippen molar-refractivity contribution in [3.63, 3.8) is 0 Å². The average molecular weight is 249 g/mol. The molecule has 0 aromatic carbocycles. The molecule has 2 fully saturated rings. The molecule has 0 aliphatic heterocycles. The molecular weight excluding hydrogens is 218 g/mol. The Morgan fingerprint density at radius 1 is 0.889 bits per heavy atom. The van der Waals surface area contributed by atoms with Crippen molar-refractivity contribution in [3.05, 3.63) is 11.6 Å². The Morgan fingerprint density at radius 2 is 1.44 bits per heavy atom. The van der Waals surface area contributed by atoms with Crippen LogP contribution in [0.3, 0.4) is 0 Å². The van der Waals surface area contributed by atoms with Crippen LogP contribution < -0.4 is 5.32 Å². The molecule has 2 aliphatic carbocycles. The van der Waals surface area contributed by atoms with Crippen molar-refractivity contribution in [1.82, 2.24) is 5.32 Å². The number of rotatable bonds is 4. The smallest absolute Gasteiger partial charge is 0.0164 e. The first-order valence-corrected chi connectivity index (χ1v) is 8.25. The summed E-state index contributed by atoms with van der Waals surface area (Å²) >= 11 is 0. The predicted octanol–water partition coefficient (Wildman–Crippen LogP) is 4.68. The second-order valence-electron chi connectivity index (χ2n) is 6.36. The van der Waals surface area contributed by atoms with Gasteiger partial charge < -0.3 is 5.32 Å². The van der Waals surface area contributed by atoms with E-state index in [1.165, 1.54) is 70.6 Å². The lowest BCUT2D eigenvalue weighted by atomic mass is 9.81. The molecule has 1 nitrogen and oxygen atoms in total. The molecular formula is C17H31N. The van der Waals surface area contributed by atoms with E-state index in [4.69, 9.17) is 0 Å². The Balaban J connectivity index is 1.97. The summed E-state index contributed by atoms with van der Waals surface area (Å²) in [6.07, 6.45) is 18.7. The zero-order valence-corrected chi connectivity index (χ0v) is 12.2. The van der Waals surface area contributed by atoms with Crippen LogP contribution in [0.5, 0.6) is 0 Å². The molecule has 2 saturated carbocycles. The third kappa shape index (κ3) is 4.42. The lowest BCUT2D eigenvalue weighted by molar-refractivity contribution is 0.392. The third-order valence-electron chi connectivity index (χ3n) is 4.86. The SMILES string of the molecule is CNCC(=CC1CCCCCC1)C1CCCCC1. The lowest BCUT2D eigenvalue weighted by Crippen LogP contribution is -2.20. The lowest BCUT2D eigenvalue weighted by Gasteiger charge is -2.26. The molecule has 0 aromatic heterocycles. The van der Waals surface area contributed by atoms with Crippen molar-refractivity contribution >= 4 is 0 Å². The minimum absolute atomic E-state index is 0.887. The van der Waals surface area contributed by atoms with Gasteiger partial charge in [-0.25, -0.2) is 0 Å². The second kappa shape index (κ2) is 7.99. The van der Waals surface area contributed by atoms with Gasteiger partial charge in [-0.3, -0.25) is 0 Å². The molecule has 0 amide bonds. The fourth-order valence-electron chi connectivity index (χ4n) is 3.80. The highest BCUT2D eigenvalue weighted by Gasteiger charge is 2.19. The standard InChI is InChI=1S/C17H31N/c1-18-14-17(16-11-7-4-8-12-16)13-15-9-5-2-3-6-10-15/h13,15-16,18H,2-12,14H2,1H3. The molecule has 0 atom stereocenters. The molecule has 1 N–H and O–H groups in total. The Kier molecular flexibility index (Phi) is 6.26. The van der Waals surface area contributed by atoms with Crippen LogP contribution in [0.1, 0.15) is 70.6 Å². The van der Waals surface area contributed by atoms with Crippen LogP contribution in [0.25, 0.3) is 0 Å². The zero-order chi connectivity index (χ0) is 12.6. The van der Waals surface area contributed by atoms with E-state index in [0.29, 0.717) is 0 Å². The van der Waals surface area contributed by atoms with Gasteiger partial charge in [-0.1, -0.05) is 56.6 Å². The molecule has 18 heavy (non-hydrogen) atoms. The Hall–Kier alpha value is -0.300. The van der Waals surface area contributed by atoms with Gasteiger partial charge in [0.05, 0.1) is 0 Å². The number of hydrogen-bond donors (Lipinski definition) is 1. The molecule has 0 aromatic rings. The number of nitrogens with one attached hydrogen (secondary N) is 1. The van der Waals surface area contributed by atoms with Gasteiger partial charge in [-0.05, 0) is 44.6 Å². The van der Waals surface area contributed by atoms with E-state index in [9.17, 15) is 0 Å². The van der Waals surface area contributed by atoms with Crippen molar-refractivity contribution in [3.8, 4) is 0 Å². The highest BCUT2D eigenvalue weighted by molar-refractivity contribution is 5.11. The topological polar surface area (TPSA) is 12.0 Å². The largest absolute Gasteiger partial charge is 0.316 e. The van der Waals surface area contributed by atoms with E-state index in [-0.39, 0.29) is 0 Å². The van der Waals surface area contributed by atoms with Gasteiger partial charge in [0, 0.05) is 6.54 Å². The maximum atomic E-state index is 3.40. The maximum absolute atomic E-state index is 3.40. The molecule has 2 aliphatic rings. The van der Waals surface area contributed by atoms with Crippen molar-refractivity contribution in [1.29, 1.82) is 0 Å². The molecule has 1 heteroatoms. The van der Waals surface area contributed by atoms with Crippen molar-refractivity contribution < 1.29 is 0 Å². The van der Waals surface area contributed by atoms with Crippen molar-refractivity contribution in [2.45, 2.75) is 70.6 Å². The predicted molar refractivity (Wildman–Crippen MR) is 79.8 cm³/mol. The quantitative estimate of drug-likeness (QED) is 0.563. The van der Waals surface area contributed by atoms with E-state index < -0.39 is 0 Å². The van der Waals surface area contributed by atoms with Crippen LogP contribution in [-0.2, 0) is 0 Å². The number of allylic oxidation sites excluding steroid dienone is 1. The fraction of sp³-hybridized carbons (Fsp3) is 0.882. The second-order valence-corrected chi connectivity index (χ2v) is 6.36. The summed E-state index contributed by atoms with van der Waals surface area (Å²) in [7, 11) is 2.10. The highest BCUT2D eigenvalue weighted by atomic mass is 14.8. The van der Waals surface area contributed by atoms with Gasteiger partial charge >= 0.3 is 0 Å². The average Bonchev–Trinajstić information content (AvgIpc) is 2.68. The van der Waals surface area contributed by atoms with E-state index in [1.807, 2.05) is 0 Å². The summed E-state index contributed by atoms with van der Waals surface area (Å²) in [5.74, 6) is 1.78. The number of hydrogen-bond acceptors (Lipinski definition) is 1. The summed E-state index contributed by atoms with van der Waals surface area (Å²) in [5.41, 5.74) is 1.74. The minimum atomic E-state index is 0.887. The normalized spacial score (nSPS) is 25.1. The van der Waals surface area contributed by atoms with Crippen LogP contribution in [-0.4, -0.2) is 13.6 Å². The monoisotopic (exact) mass is 249 g/mol. The first-order chi connectivity index (χ1) is 8.90. The van der Waals surface area contributed by atoms with E-state index in [1.54, 1.807) is 5.57 Å². The van der Waals surface area contributed by atoms with Gasteiger partial charge in [-0.2, -0.15) is 0 Å². The minimum Gasteiger partial charge on any atom is -0.316 e. The van der Waals surface area contributed by atoms with Gasteiger partial charge in [0.25, 0.3) is 0 Å². The molecule has 0 spiro atoms. The molecule has 104 valence electrons. The van der Waals surface area contributed by atoms with Crippen molar-refractivity contribution in [2.75, 3.05) is 13.6 Å². The molecule has 0 unspecified atom stereocenters. The summed E-state index contributed by atoms with van der Waals surface area (Å²) < 4.78 is 0. The van der Waals surface area contributed by atoms with Crippen LogP contribution in [0.15, 0.2) is 11.6 Å². The maximum Gasteiger partial charge on any atom is 0.0164 e. The van der Waals surface area contributed by atoms with Crippen LogP contribution >= 0.6 is 0 Å². The first kappa shape index (κ1) is 14.1. The summed E-state index contributed by atoms with van der Waals surface area (Å²) in [6, 6.07) is 0. The van der Waals surface area contributed by atoms with E-state index in [0.717, 1.165) is 18.4 Å². The first-order valence-electron chi connectivity index (χ1n) is 8.25. The van der Waals surface area contributed by atoms with Gasteiger partial charge in [0.1, 0.15) is 0 Å². The van der Waals surface area contributed by atoms with Gasteiger partial charge in [0.15, 0.2) is 0 Å². The molecule has 0 saturated heterocycles. The van der Waals surface area contributed by atoms with Crippen LogP contribution in [0.4, 0.5) is 0 Å². The summed E-state index contributed by atoms with van der Waals surface area (Å²) in [4.78, 5) is 0. The Bertz CT molecular complexity index is 242. The van der Waals surface area contributed by atoms with Crippen LogP contribution in [0.2, 0.25) is 0 Å². The molecule has 0 radical (unpaired) electrons. The Morgan fingerprint density at radius 3 is 2.06 bits per heavy atom. The summed E-state index contributed by atoms with van der Waals surface area (Å²) in [6.45, 7) is 1.13. The van der Waals surface area contributed by atoms with Gasteiger partial charge in [-0.15, -0.1) is 0 Å².